The van der Waals surface area contributed by atoms with E-state index in [9.17, 15) is 14.4 Å². The van der Waals surface area contributed by atoms with Crippen LogP contribution in [0.1, 0.15) is 24.2 Å². The maximum absolute atomic E-state index is 12.1. The number of rotatable bonds is 4. The summed E-state index contributed by atoms with van der Waals surface area (Å²) >= 11 is 3.33. The average Bonchev–Trinajstić information content (AvgIpc) is 2.86. The Bertz CT molecular complexity index is 754. The summed E-state index contributed by atoms with van der Waals surface area (Å²) in [5.74, 6) is -1.34. The molecule has 122 valence electrons. The zero-order valence-electron chi connectivity index (χ0n) is 12.6. The molecule has 3 amide bonds. The van der Waals surface area contributed by atoms with Crippen LogP contribution in [0, 0.1) is 0 Å². The maximum atomic E-state index is 12.1. The number of urea groups is 1. The molecule has 0 saturated carbocycles. The maximum Gasteiger partial charge on any atom is 0.340 e. The van der Waals surface area contributed by atoms with Crippen molar-refractivity contribution in [3.05, 3.63) is 34.4 Å². The Morgan fingerprint density at radius 2 is 2.04 bits per heavy atom. The number of esters is 1. The zero-order valence-corrected chi connectivity index (χ0v) is 14.2. The summed E-state index contributed by atoms with van der Waals surface area (Å²) in [6.45, 7) is 2.99. The molecule has 0 saturated heterocycles. The first-order valence-electron chi connectivity index (χ1n) is 6.91. The van der Waals surface area contributed by atoms with E-state index in [1.54, 1.807) is 19.9 Å². The predicted octanol–water partition coefficient (Wildman–Crippen LogP) is 2.32. The number of amides is 3. The monoisotopic (exact) mass is 381 g/mol. The fourth-order valence-corrected chi connectivity index (χ4v) is 2.29. The van der Waals surface area contributed by atoms with Crippen molar-refractivity contribution in [2.24, 2.45) is 0 Å². The molecule has 1 heterocycles. The molecule has 0 bridgehead atoms. The van der Waals surface area contributed by atoms with Crippen LogP contribution in [0.2, 0.25) is 0 Å². The van der Waals surface area contributed by atoms with E-state index in [4.69, 9.17) is 4.74 Å². The van der Waals surface area contributed by atoms with Crippen molar-refractivity contribution in [1.82, 2.24) is 15.6 Å². The van der Waals surface area contributed by atoms with Crippen LogP contribution in [0.15, 0.2) is 28.9 Å². The van der Waals surface area contributed by atoms with E-state index in [2.05, 4.69) is 31.5 Å². The lowest BCUT2D eigenvalue weighted by Gasteiger charge is -2.09. The summed E-state index contributed by atoms with van der Waals surface area (Å²) in [5, 5.41) is 5.26. The lowest BCUT2D eigenvalue weighted by molar-refractivity contribution is -0.123. The summed E-state index contributed by atoms with van der Waals surface area (Å²) in [7, 11) is 0. The molecule has 7 nitrogen and oxygen atoms in total. The van der Waals surface area contributed by atoms with Crippen LogP contribution in [0.4, 0.5) is 4.79 Å². The van der Waals surface area contributed by atoms with Gasteiger partial charge in [0.15, 0.2) is 6.61 Å². The minimum Gasteiger partial charge on any atom is -0.452 e. The molecule has 3 N–H and O–H groups in total. The highest BCUT2D eigenvalue weighted by atomic mass is 79.9. The van der Waals surface area contributed by atoms with Crippen molar-refractivity contribution in [2.45, 2.75) is 19.9 Å². The van der Waals surface area contributed by atoms with Crippen molar-refractivity contribution in [3.8, 4) is 0 Å². The number of aromatic nitrogens is 1. The van der Waals surface area contributed by atoms with Gasteiger partial charge in [0.2, 0.25) is 0 Å². The number of imide groups is 1. The Balaban J connectivity index is 1.95. The first-order chi connectivity index (χ1) is 10.9. The SMILES string of the molecule is CC(C)NC(=O)NC(=O)COC(=O)c1c[nH]c2ccc(Br)cc12. The molecule has 8 heteroatoms. The van der Waals surface area contributed by atoms with Gasteiger partial charge in [-0.1, -0.05) is 15.9 Å². The number of aromatic amines is 1. The quantitative estimate of drug-likeness (QED) is 0.707. The molecule has 0 atom stereocenters. The van der Waals surface area contributed by atoms with Gasteiger partial charge in [0.05, 0.1) is 5.56 Å². The van der Waals surface area contributed by atoms with Gasteiger partial charge in [0, 0.05) is 27.6 Å². The standard InChI is InChI=1S/C15H16BrN3O4/c1-8(2)18-15(22)19-13(20)7-23-14(21)11-6-17-12-4-3-9(16)5-10(11)12/h3-6,8,17H,7H2,1-2H3,(H2,18,19,20,22). The molecule has 0 aliphatic carbocycles. The number of benzene rings is 1. The van der Waals surface area contributed by atoms with Gasteiger partial charge < -0.3 is 15.0 Å². The number of hydrogen-bond acceptors (Lipinski definition) is 4. The molecule has 2 rings (SSSR count). The van der Waals surface area contributed by atoms with E-state index in [0.717, 1.165) is 9.99 Å². The number of ether oxygens (including phenoxy) is 1. The van der Waals surface area contributed by atoms with Crippen molar-refractivity contribution in [1.29, 1.82) is 0 Å². The average molecular weight is 382 g/mol. The fraction of sp³-hybridized carbons (Fsp3) is 0.267. The summed E-state index contributed by atoms with van der Waals surface area (Å²) in [6.07, 6.45) is 1.52. The normalized spacial score (nSPS) is 10.6. The Morgan fingerprint density at radius 3 is 2.74 bits per heavy atom. The van der Waals surface area contributed by atoms with E-state index in [0.29, 0.717) is 10.9 Å². The predicted molar refractivity (Wildman–Crippen MR) is 88.1 cm³/mol. The third-order valence-corrected chi connectivity index (χ3v) is 3.36. The molecular weight excluding hydrogens is 366 g/mol. The van der Waals surface area contributed by atoms with Gasteiger partial charge in [0.25, 0.3) is 5.91 Å². The lowest BCUT2D eigenvalue weighted by Crippen LogP contribution is -2.44. The van der Waals surface area contributed by atoms with Gasteiger partial charge in [-0.15, -0.1) is 0 Å². The van der Waals surface area contributed by atoms with E-state index >= 15 is 0 Å². The Labute approximate surface area is 140 Å². The van der Waals surface area contributed by atoms with Gasteiger partial charge in [-0.3, -0.25) is 10.1 Å². The molecule has 0 spiro atoms. The molecule has 23 heavy (non-hydrogen) atoms. The second-order valence-corrected chi connectivity index (χ2v) is 6.06. The van der Waals surface area contributed by atoms with Crippen molar-refractivity contribution < 1.29 is 19.1 Å². The van der Waals surface area contributed by atoms with Gasteiger partial charge >= 0.3 is 12.0 Å². The summed E-state index contributed by atoms with van der Waals surface area (Å²) in [5.41, 5.74) is 1.10. The number of carbonyl (C=O) groups is 3. The van der Waals surface area contributed by atoms with Crippen LogP contribution in [-0.4, -0.2) is 35.5 Å². The highest BCUT2D eigenvalue weighted by Crippen LogP contribution is 2.23. The van der Waals surface area contributed by atoms with Gasteiger partial charge in [-0.25, -0.2) is 9.59 Å². The van der Waals surface area contributed by atoms with Crippen molar-refractivity contribution in [2.75, 3.05) is 6.61 Å². The third kappa shape index (κ3) is 4.56. The van der Waals surface area contributed by atoms with Crippen molar-refractivity contribution >= 4 is 44.7 Å². The molecule has 0 fully saturated rings. The fourth-order valence-electron chi connectivity index (χ4n) is 1.93. The Hall–Kier alpha value is -2.35. The number of nitrogens with one attached hydrogen (secondary N) is 3. The van der Waals surface area contributed by atoms with Crippen LogP contribution in [0.5, 0.6) is 0 Å². The van der Waals surface area contributed by atoms with Crippen molar-refractivity contribution in [3.63, 3.8) is 0 Å². The van der Waals surface area contributed by atoms with E-state index in [-0.39, 0.29) is 6.04 Å². The van der Waals surface area contributed by atoms with E-state index < -0.39 is 24.5 Å². The van der Waals surface area contributed by atoms with E-state index in [1.165, 1.54) is 6.20 Å². The third-order valence-electron chi connectivity index (χ3n) is 2.87. The summed E-state index contributed by atoms with van der Waals surface area (Å²) in [4.78, 5) is 37.9. The molecule has 0 radical (unpaired) electrons. The molecule has 0 unspecified atom stereocenters. The van der Waals surface area contributed by atoms with Crippen LogP contribution in [0.25, 0.3) is 10.9 Å². The van der Waals surface area contributed by atoms with Gasteiger partial charge in [0.1, 0.15) is 0 Å². The number of carbonyl (C=O) groups excluding carboxylic acids is 3. The van der Waals surface area contributed by atoms with Gasteiger partial charge in [-0.05, 0) is 32.0 Å². The largest absolute Gasteiger partial charge is 0.452 e. The first-order valence-corrected chi connectivity index (χ1v) is 7.70. The smallest absolute Gasteiger partial charge is 0.340 e. The molecule has 0 aliphatic rings. The van der Waals surface area contributed by atoms with Crippen LogP contribution >= 0.6 is 15.9 Å². The van der Waals surface area contributed by atoms with E-state index in [1.807, 2.05) is 12.1 Å². The second kappa shape index (κ2) is 7.28. The molecular formula is C15H16BrN3O4. The summed E-state index contributed by atoms with van der Waals surface area (Å²) < 4.78 is 5.76. The molecule has 2 aromatic rings. The van der Waals surface area contributed by atoms with Crippen LogP contribution < -0.4 is 10.6 Å². The zero-order chi connectivity index (χ0) is 17.0. The van der Waals surface area contributed by atoms with Crippen LogP contribution in [0.3, 0.4) is 0 Å². The number of halogens is 1. The lowest BCUT2D eigenvalue weighted by atomic mass is 10.2. The molecule has 1 aromatic carbocycles. The minimum atomic E-state index is -0.697. The molecule has 0 aliphatic heterocycles. The minimum absolute atomic E-state index is 0.102. The Morgan fingerprint density at radius 1 is 1.30 bits per heavy atom. The van der Waals surface area contributed by atoms with Crippen LogP contribution in [-0.2, 0) is 9.53 Å². The highest BCUT2D eigenvalue weighted by Gasteiger charge is 2.16. The number of hydrogen-bond donors (Lipinski definition) is 3. The highest BCUT2D eigenvalue weighted by molar-refractivity contribution is 9.10. The molecule has 1 aromatic heterocycles. The van der Waals surface area contributed by atoms with Gasteiger partial charge in [-0.2, -0.15) is 0 Å². The summed E-state index contributed by atoms with van der Waals surface area (Å²) in [6, 6.07) is 4.71. The topological polar surface area (TPSA) is 100 Å². The number of H-pyrrole nitrogens is 1. The second-order valence-electron chi connectivity index (χ2n) is 5.14. The Kier molecular flexibility index (Phi) is 5.38. The number of fused-ring (bicyclic) bond motifs is 1. The first kappa shape index (κ1) is 17.0.